The van der Waals surface area contributed by atoms with E-state index < -0.39 is 12.2 Å². The number of amides is 2. The average Bonchev–Trinajstić information content (AvgIpc) is 3.54. The van der Waals surface area contributed by atoms with Crippen molar-refractivity contribution in [3.8, 4) is 0 Å². The third-order valence-corrected chi connectivity index (χ3v) is 6.14. The number of alkyl carbamates (subject to hydrolysis) is 1. The lowest BCUT2D eigenvalue weighted by molar-refractivity contribution is -0.148. The number of fused-ring (bicyclic) bond motifs is 1. The van der Waals surface area contributed by atoms with Crippen LogP contribution in [-0.2, 0) is 20.7 Å². The van der Waals surface area contributed by atoms with Crippen molar-refractivity contribution >= 4 is 22.9 Å². The van der Waals surface area contributed by atoms with E-state index in [2.05, 4.69) is 45.5 Å². The van der Waals surface area contributed by atoms with Gasteiger partial charge in [0.1, 0.15) is 6.10 Å². The van der Waals surface area contributed by atoms with Crippen molar-refractivity contribution < 1.29 is 19.1 Å². The molecule has 1 aromatic carbocycles. The molecule has 8 heteroatoms. The lowest BCUT2D eigenvalue weighted by Crippen LogP contribution is -2.50. The standard InChI is InChI=1S/C23H32N4O4/c1-15(27(17-6-7-17)22(28)21-14-24-10-11-31-21)19-13-26-20-12-16(5-8-18(19)20)4-3-9-25-23(29)30-2/h5,8,12-13,15,17,21,24,26H,3-4,6-7,9-11,14H2,1-2H3,(H,25,29)/t15?,21-/m1/s1. The smallest absolute Gasteiger partial charge is 0.406 e. The van der Waals surface area contributed by atoms with E-state index in [4.69, 9.17) is 4.74 Å². The average molecular weight is 429 g/mol. The molecule has 0 bridgehead atoms. The fourth-order valence-corrected chi connectivity index (χ4v) is 4.33. The summed E-state index contributed by atoms with van der Waals surface area (Å²) in [5.41, 5.74) is 3.41. The summed E-state index contributed by atoms with van der Waals surface area (Å²) in [7, 11) is 1.37. The topological polar surface area (TPSA) is 95.7 Å². The van der Waals surface area contributed by atoms with Gasteiger partial charge in [0.05, 0.1) is 19.8 Å². The number of carbonyl (C=O) groups excluding carboxylic acids is 2. The Kier molecular flexibility index (Phi) is 6.77. The van der Waals surface area contributed by atoms with Gasteiger partial charge >= 0.3 is 6.09 Å². The Morgan fingerprint density at radius 2 is 2.19 bits per heavy atom. The van der Waals surface area contributed by atoms with Gasteiger partial charge in [-0.2, -0.15) is 0 Å². The molecular weight excluding hydrogens is 396 g/mol. The highest BCUT2D eigenvalue weighted by Crippen LogP contribution is 2.37. The van der Waals surface area contributed by atoms with E-state index in [1.54, 1.807) is 0 Å². The number of aryl methyl sites for hydroxylation is 1. The van der Waals surface area contributed by atoms with E-state index in [0.29, 0.717) is 25.7 Å². The van der Waals surface area contributed by atoms with E-state index in [9.17, 15) is 9.59 Å². The van der Waals surface area contributed by atoms with Crippen LogP contribution in [0, 0.1) is 0 Å². The van der Waals surface area contributed by atoms with E-state index in [1.165, 1.54) is 12.7 Å². The summed E-state index contributed by atoms with van der Waals surface area (Å²) >= 11 is 0. The monoisotopic (exact) mass is 428 g/mol. The van der Waals surface area contributed by atoms with Crippen LogP contribution in [0.25, 0.3) is 10.9 Å². The van der Waals surface area contributed by atoms with Crippen molar-refractivity contribution in [2.75, 3.05) is 33.4 Å². The highest BCUT2D eigenvalue weighted by Gasteiger charge is 2.40. The number of H-pyrrole nitrogens is 1. The van der Waals surface area contributed by atoms with Crippen molar-refractivity contribution in [1.82, 2.24) is 20.5 Å². The first-order valence-electron chi connectivity index (χ1n) is 11.1. The quantitative estimate of drug-likeness (QED) is 0.562. The molecule has 1 aliphatic carbocycles. The molecule has 2 aliphatic rings. The number of nitrogens with one attached hydrogen (secondary N) is 3. The van der Waals surface area contributed by atoms with Crippen molar-refractivity contribution in [2.45, 2.75) is 50.8 Å². The molecule has 2 aromatic rings. The van der Waals surface area contributed by atoms with Crippen molar-refractivity contribution in [3.05, 3.63) is 35.5 Å². The number of hydrogen-bond acceptors (Lipinski definition) is 5. The summed E-state index contributed by atoms with van der Waals surface area (Å²) < 4.78 is 10.3. The molecule has 1 saturated heterocycles. The zero-order valence-electron chi connectivity index (χ0n) is 18.3. The van der Waals surface area contributed by atoms with E-state index in [0.717, 1.165) is 48.7 Å². The van der Waals surface area contributed by atoms with Gasteiger partial charge in [-0.05, 0) is 49.8 Å². The number of benzene rings is 1. The Morgan fingerprint density at radius 1 is 1.35 bits per heavy atom. The van der Waals surface area contributed by atoms with Crippen LogP contribution in [0.1, 0.15) is 43.4 Å². The van der Waals surface area contributed by atoms with Crippen LogP contribution in [-0.4, -0.2) is 67.4 Å². The molecule has 1 aromatic heterocycles. The van der Waals surface area contributed by atoms with Crippen LogP contribution in [0.3, 0.4) is 0 Å². The van der Waals surface area contributed by atoms with Crippen LogP contribution >= 0.6 is 0 Å². The highest BCUT2D eigenvalue weighted by molar-refractivity contribution is 5.86. The van der Waals surface area contributed by atoms with E-state index in [1.807, 2.05) is 11.1 Å². The van der Waals surface area contributed by atoms with Gasteiger partial charge in [0, 0.05) is 42.8 Å². The zero-order valence-corrected chi connectivity index (χ0v) is 18.3. The molecule has 1 unspecified atom stereocenters. The first-order chi connectivity index (χ1) is 15.1. The van der Waals surface area contributed by atoms with Gasteiger partial charge in [0.2, 0.25) is 0 Å². The van der Waals surface area contributed by atoms with Crippen LogP contribution < -0.4 is 10.6 Å². The summed E-state index contributed by atoms with van der Waals surface area (Å²) in [6.07, 6.45) is 5.05. The molecule has 2 heterocycles. The molecule has 31 heavy (non-hydrogen) atoms. The molecule has 3 N–H and O–H groups in total. The maximum absolute atomic E-state index is 13.2. The molecule has 1 aliphatic heterocycles. The number of aromatic amines is 1. The summed E-state index contributed by atoms with van der Waals surface area (Å²) in [6.45, 7) is 4.65. The number of hydrogen-bond donors (Lipinski definition) is 3. The Balaban J connectivity index is 1.45. The molecule has 2 atom stereocenters. The Morgan fingerprint density at radius 3 is 2.90 bits per heavy atom. The number of nitrogens with zero attached hydrogens (tertiary/aromatic N) is 1. The molecule has 0 spiro atoms. The predicted molar refractivity (Wildman–Crippen MR) is 118 cm³/mol. The molecule has 8 nitrogen and oxygen atoms in total. The minimum absolute atomic E-state index is 0.0191. The SMILES string of the molecule is COC(=O)NCCCc1ccc2c(C(C)N(C(=O)[C@H]3CNCCO3)C3CC3)c[nH]c2c1. The second kappa shape index (κ2) is 9.70. The molecule has 2 fully saturated rings. The van der Waals surface area contributed by atoms with E-state index in [-0.39, 0.29) is 11.9 Å². The molecule has 168 valence electrons. The van der Waals surface area contributed by atoms with Gasteiger partial charge in [-0.15, -0.1) is 0 Å². The van der Waals surface area contributed by atoms with Gasteiger partial charge < -0.3 is 30.0 Å². The number of aromatic nitrogens is 1. The molecular formula is C23H32N4O4. The first-order valence-corrected chi connectivity index (χ1v) is 11.1. The van der Waals surface area contributed by atoms with Gasteiger partial charge in [-0.1, -0.05) is 12.1 Å². The lowest BCUT2D eigenvalue weighted by Gasteiger charge is -2.34. The van der Waals surface area contributed by atoms with Crippen LogP contribution in [0.4, 0.5) is 4.79 Å². The zero-order chi connectivity index (χ0) is 21.8. The normalized spacial score (nSPS) is 19.7. The maximum atomic E-state index is 13.2. The molecule has 0 radical (unpaired) electrons. The van der Waals surface area contributed by atoms with Crippen LogP contribution in [0.15, 0.2) is 24.4 Å². The van der Waals surface area contributed by atoms with Crippen molar-refractivity contribution in [3.63, 3.8) is 0 Å². The van der Waals surface area contributed by atoms with Crippen molar-refractivity contribution in [1.29, 1.82) is 0 Å². The number of ether oxygens (including phenoxy) is 2. The number of rotatable bonds is 8. The first kappa shape index (κ1) is 21.6. The summed E-state index contributed by atoms with van der Waals surface area (Å²) in [4.78, 5) is 29.8. The minimum atomic E-state index is -0.400. The third kappa shape index (κ3) is 5.02. The van der Waals surface area contributed by atoms with E-state index >= 15 is 0 Å². The maximum Gasteiger partial charge on any atom is 0.406 e. The van der Waals surface area contributed by atoms with Crippen LogP contribution in [0.5, 0.6) is 0 Å². The molecule has 2 amide bonds. The fourth-order valence-electron chi connectivity index (χ4n) is 4.33. The van der Waals surface area contributed by atoms with Gasteiger partial charge in [-0.25, -0.2) is 4.79 Å². The highest BCUT2D eigenvalue weighted by atomic mass is 16.5. The number of methoxy groups -OCH3 is 1. The number of morpholine rings is 1. The Bertz CT molecular complexity index is 917. The number of carbonyl (C=O) groups is 2. The van der Waals surface area contributed by atoms with Crippen LogP contribution in [0.2, 0.25) is 0 Å². The summed E-state index contributed by atoms with van der Waals surface area (Å²) in [5, 5.41) is 7.11. The predicted octanol–water partition coefficient (Wildman–Crippen LogP) is 2.50. The van der Waals surface area contributed by atoms with Gasteiger partial charge in [0.15, 0.2) is 0 Å². The minimum Gasteiger partial charge on any atom is -0.453 e. The second-order valence-corrected chi connectivity index (χ2v) is 8.36. The lowest BCUT2D eigenvalue weighted by atomic mass is 10.0. The summed E-state index contributed by atoms with van der Waals surface area (Å²) in [5.74, 6) is 0.0891. The summed E-state index contributed by atoms with van der Waals surface area (Å²) in [6, 6.07) is 6.70. The molecule has 1 saturated carbocycles. The van der Waals surface area contributed by atoms with Gasteiger partial charge in [0.25, 0.3) is 5.91 Å². The Labute approximate surface area is 182 Å². The fraction of sp³-hybridized carbons (Fsp3) is 0.565. The van der Waals surface area contributed by atoms with Crippen molar-refractivity contribution in [2.24, 2.45) is 0 Å². The molecule has 4 rings (SSSR count). The third-order valence-electron chi connectivity index (χ3n) is 6.14. The Hall–Kier alpha value is -2.58. The van der Waals surface area contributed by atoms with Gasteiger partial charge in [-0.3, -0.25) is 4.79 Å². The largest absolute Gasteiger partial charge is 0.453 e. The second-order valence-electron chi connectivity index (χ2n) is 8.36.